The van der Waals surface area contributed by atoms with Crippen molar-refractivity contribution in [1.29, 1.82) is 0 Å². The molecule has 1 aromatic heterocycles. The van der Waals surface area contributed by atoms with Crippen molar-refractivity contribution in [3.05, 3.63) is 57.2 Å². The van der Waals surface area contributed by atoms with Gasteiger partial charge in [0.15, 0.2) is 5.96 Å². The molecule has 5 nitrogen and oxygen atoms in total. The number of amides is 1. The number of nitrogens with zero attached hydrogens (tertiary/aromatic N) is 2. The second-order valence-corrected chi connectivity index (χ2v) is 8.44. The van der Waals surface area contributed by atoms with E-state index < -0.39 is 0 Å². The van der Waals surface area contributed by atoms with Crippen LogP contribution in [-0.2, 0) is 16.8 Å². The third-order valence-electron chi connectivity index (χ3n) is 4.77. The zero-order chi connectivity index (χ0) is 19.3. The van der Waals surface area contributed by atoms with Gasteiger partial charge in [-0.3, -0.25) is 4.79 Å². The monoisotopic (exact) mass is 532 g/mol. The molecule has 0 aliphatic heterocycles. The topological polar surface area (TPSA) is 56.7 Å². The quantitative estimate of drug-likeness (QED) is 0.323. The summed E-state index contributed by atoms with van der Waals surface area (Å²) in [6, 6.07) is 12.1. The summed E-state index contributed by atoms with van der Waals surface area (Å²) in [7, 11) is 3.47. The molecular formula is C20H26ClIN4OS. The molecule has 1 heterocycles. The van der Waals surface area contributed by atoms with Gasteiger partial charge >= 0.3 is 0 Å². The highest BCUT2D eigenvalue weighted by atomic mass is 127. The number of likely N-dealkylation sites (N-methyl/N-ethyl adjacent to an activating group) is 1. The number of halogens is 2. The molecular weight excluding hydrogens is 507 g/mol. The lowest BCUT2D eigenvalue weighted by Gasteiger charge is -2.20. The van der Waals surface area contributed by atoms with E-state index in [9.17, 15) is 4.79 Å². The van der Waals surface area contributed by atoms with Crippen LogP contribution < -0.4 is 10.6 Å². The van der Waals surface area contributed by atoms with Crippen molar-refractivity contribution < 1.29 is 4.79 Å². The normalized spacial score (nSPS) is 14.8. The molecule has 152 valence electrons. The lowest BCUT2D eigenvalue weighted by atomic mass is 9.96. The highest BCUT2D eigenvalue weighted by Crippen LogP contribution is 2.49. The molecule has 0 radical (unpaired) electrons. The average Bonchev–Trinajstić information content (AvgIpc) is 3.25. The fourth-order valence-corrected chi connectivity index (χ4v) is 3.86. The van der Waals surface area contributed by atoms with Crippen molar-refractivity contribution in [2.75, 3.05) is 27.2 Å². The van der Waals surface area contributed by atoms with Crippen LogP contribution in [0.15, 0.2) is 46.8 Å². The Balaban J connectivity index is 0.00000280. The van der Waals surface area contributed by atoms with Crippen LogP contribution in [0.2, 0.25) is 5.02 Å². The Hall–Kier alpha value is -1.32. The van der Waals surface area contributed by atoms with Gasteiger partial charge in [0, 0.05) is 36.0 Å². The van der Waals surface area contributed by atoms with Crippen LogP contribution in [0, 0.1) is 0 Å². The molecule has 1 aliphatic rings. The number of rotatable bonds is 7. The fraction of sp³-hybridized carbons (Fsp3) is 0.400. The van der Waals surface area contributed by atoms with E-state index >= 15 is 0 Å². The molecule has 2 aromatic rings. The first-order valence-corrected chi connectivity index (χ1v) is 10.3. The van der Waals surface area contributed by atoms with Gasteiger partial charge in [-0.1, -0.05) is 35.9 Å². The van der Waals surface area contributed by atoms with E-state index in [1.165, 1.54) is 10.4 Å². The van der Waals surface area contributed by atoms with Crippen molar-refractivity contribution in [2.45, 2.75) is 24.8 Å². The molecule has 2 N–H and O–H groups in total. The summed E-state index contributed by atoms with van der Waals surface area (Å²) in [6.07, 6.45) is 2.19. The molecule has 0 bridgehead atoms. The standard InChI is InChI=1S/C20H25ClN4OS.HI/c1-25(2)18(26)13-23-19(22-12-15-6-5-11-27-15)24-14-20(9-10-20)16-7-3-4-8-17(16)21;/h3-8,11H,9-10,12-14H2,1-2H3,(H2,22,23,24);1H. The van der Waals surface area contributed by atoms with Gasteiger partial charge in [0.25, 0.3) is 0 Å². The van der Waals surface area contributed by atoms with Crippen LogP contribution in [0.4, 0.5) is 0 Å². The molecule has 0 unspecified atom stereocenters. The molecule has 1 fully saturated rings. The smallest absolute Gasteiger partial charge is 0.243 e. The van der Waals surface area contributed by atoms with Gasteiger partial charge in [-0.2, -0.15) is 0 Å². The summed E-state index contributed by atoms with van der Waals surface area (Å²) in [6.45, 7) is 1.54. The maximum Gasteiger partial charge on any atom is 0.243 e. The molecule has 0 spiro atoms. The number of hydrogen-bond acceptors (Lipinski definition) is 3. The molecule has 3 rings (SSSR count). The summed E-state index contributed by atoms with van der Waals surface area (Å²) < 4.78 is 0. The Bertz CT molecular complexity index is 806. The van der Waals surface area contributed by atoms with Crippen LogP contribution in [0.1, 0.15) is 23.3 Å². The van der Waals surface area contributed by atoms with E-state index in [2.05, 4.69) is 27.8 Å². The molecule has 0 atom stereocenters. The van der Waals surface area contributed by atoms with E-state index in [4.69, 9.17) is 11.6 Å². The third-order valence-corrected chi connectivity index (χ3v) is 5.98. The van der Waals surface area contributed by atoms with Gasteiger partial charge in [-0.05, 0) is 35.9 Å². The summed E-state index contributed by atoms with van der Waals surface area (Å²) >= 11 is 8.10. The number of hydrogen-bond donors (Lipinski definition) is 2. The third kappa shape index (κ3) is 6.09. The van der Waals surface area contributed by atoms with Crippen molar-refractivity contribution >= 4 is 58.8 Å². The van der Waals surface area contributed by atoms with Gasteiger partial charge in [0.2, 0.25) is 5.91 Å². The Kier molecular flexibility index (Phi) is 8.57. The van der Waals surface area contributed by atoms with E-state index in [0.29, 0.717) is 12.5 Å². The molecule has 1 aliphatic carbocycles. The Morgan fingerprint density at radius 1 is 1.21 bits per heavy atom. The number of nitrogens with one attached hydrogen (secondary N) is 2. The van der Waals surface area contributed by atoms with Crippen LogP contribution >= 0.6 is 46.9 Å². The number of aliphatic imine (C=N–C) groups is 1. The molecule has 1 amide bonds. The fourth-order valence-electron chi connectivity index (χ4n) is 2.88. The highest BCUT2D eigenvalue weighted by molar-refractivity contribution is 14.0. The Morgan fingerprint density at radius 3 is 2.57 bits per heavy atom. The molecule has 0 saturated heterocycles. The van der Waals surface area contributed by atoms with Gasteiger partial charge < -0.3 is 15.5 Å². The van der Waals surface area contributed by atoms with Crippen molar-refractivity contribution in [1.82, 2.24) is 15.5 Å². The maximum absolute atomic E-state index is 11.9. The van der Waals surface area contributed by atoms with Crippen LogP contribution in [0.5, 0.6) is 0 Å². The van der Waals surface area contributed by atoms with E-state index in [1.54, 1.807) is 30.3 Å². The highest BCUT2D eigenvalue weighted by Gasteiger charge is 2.45. The van der Waals surface area contributed by atoms with Crippen molar-refractivity contribution in [3.8, 4) is 0 Å². The van der Waals surface area contributed by atoms with Crippen LogP contribution in [0.3, 0.4) is 0 Å². The molecule has 8 heteroatoms. The van der Waals surface area contributed by atoms with E-state index in [1.807, 2.05) is 29.6 Å². The zero-order valence-electron chi connectivity index (χ0n) is 16.1. The number of carbonyl (C=O) groups is 1. The lowest BCUT2D eigenvalue weighted by molar-refractivity contribution is -0.127. The average molecular weight is 533 g/mol. The number of benzene rings is 1. The zero-order valence-corrected chi connectivity index (χ0v) is 20.0. The first-order valence-electron chi connectivity index (χ1n) is 9.00. The minimum absolute atomic E-state index is 0. The van der Waals surface area contributed by atoms with Gasteiger partial charge in [-0.25, -0.2) is 4.99 Å². The SMILES string of the molecule is CN(C)C(=O)CN=C(NCc1cccs1)NCC1(c2ccccc2Cl)CC1.I. The largest absolute Gasteiger partial charge is 0.355 e. The number of guanidine groups is 1. The van der Waals surface area contributed by atoms with Crippen molar-refractivity contribution in [3.63, 3.8) is 0 Å². The first-order chi connectivity index (χ1) is 13.0. The lowest BCUT2D eigenvalue weighted by Crippen LogP contribution is -2.41. The predicted octanol–water partition coefficient (Wildman–Crippen LogP) is 3.87. The van der Waals surface area contributed by atoms with Crippen molar-refractivity contribution in [2.24, 2.45) is 4.99 Å². The molecule has 28 heavy (non-hydrogen) atoms. The predicted molar refractivity (Wildman–Crippen MR) is 128 cm³/mol. The molecule has 1 saturated carbocycles. The minimum atomic E-state index is -0.0283. The van der Waals surface area contributed by atoms with E-state index in [0.717, 1.165) is 24.4 Å². The van der Waals surface area contributed by atoms with Crippen LogP contribution in [-0.4, -0.2) is 44.0 Å². The first kappa shape index (κ1) is 23.0. The van der Waals surface area contributed by atoms with Gasteiger partial charge in [0.1, 0.15) is 6.54 Å². The molecule has 1 aromatic carbocycles. The summed E-state index contributed by atoms with van der Waals surface area (Å²) in [5.41, 5.74) is 1.23. The maximum atomic E-state index is 11.9. The minimum Gasteiger partial charge on any atom is -0.355 e. The van der Waals surface area contributed by atoms with Crippen LogP contribution in [0.25, 0.3) is 0 Å². The Labute approximate surface area is 192 Å². The summed E-state index contributed by atoms with van der Waals surface area (Å²) in [5, 5.41) is 9.61. The van der Waals surface area contributed by atoms with Gasteiger partial charge in [0.05, 0.1) is 6.54 Å². The summed E-state index contributed by atoms with van der Waals surface area (Å²) in [4.78, 5) is 19.1. The Morgan fingerprint density at radius 2 is 1.96 bits per heavy atom. The second-order valence-electron chi connectivity index (χ2n) is 7.00. The van der Waals surface area contributed by atoms with E-state index in [-0.39, 0.29) is 41.8 Å². The summed E-state index contributed by atoms with van der Waals surface area (Å²) in [5.74, 6) is 0.622. The number of thiophene rings is 1. The second kappa shape index (κ2) is 10.5. The number of carbonyl (C=O) groups excluding carboxylic acids is 1. The van der Waals surface area contributed by atoms with Gasteiger partial charge in [-0.15, -0.1) is 35.3 Å².